The first-order chi connectivity index (χ1) is 7.07. The van der Waals surface area contributed by atoms with Gasteiger partial charge >= 0.3 is 0 Å². The van der Waals surface area contributed by atoms with E-state index < -0.39 is 0 Å². The van der Waals surface area contributed by atoms with E-state index in [2.05, 4.69) is 13.8 Å². The van der Waals surface area contributed by atoms with Gasteiger partial charge in [0.15, 0.2) is 0 Å². The molecule has 1 rings (SSSR count). The molecular formula is C12H24N2O. The lowest BCUT2D eigenvalue weighted by molar-refractivity contribution is -0.136. The number of carbonyl (C=O) groups is 1. The van der Waals surface area contributed by atoms with Crippen molar-refractivity contribution in [1.82, 2.24) is 4.90 Å². The van der Waals surface area contributed by atoms with Crippen LogP contribution in [0.15, 0.2) is 0 Å². The second kappa shape index (κ2) is 5.50. The average molecular weight is 212 g/mol. The van der Waals surface area contributed by atoms with E-state index in [1.165, 1.54) is 12.8 Å². The zero-order valence-electron chi connectivity index (χ0n) is 10.2. The van der Waals surface area contributed by atoms with Crippen LogP contribution >= 0.6 is 0 Å². The molecule has 1 aliphatic carbocycles. The highest BCUT2D eigenvalue weighted by Gasteiger charge is 2.30. The third kappa shape index (κ3) is 2.94. The van der Waals surface area contributed by atoms with Crippen LogP contribution in [-0.2, 0) is 4.79 Å². The summed E-state index contributed by atoms with van der Waals surface area (Å²) < 4.78 is 0. The maximum absolute atomic E-state index is 12.1. The van der Waals surface area contributed by atoms with Crippen molar-refractivity contribution in [2.75, 3.05) is 0 Å². The van der Waals surface area contributed by atoms with Gasteiger partial charge in [0.05, 0.1) is 6.04 Å². The molecule has 0 radical (unpaired) electrons. The van der Waals surface area contributed by atoms with E-state index in [9.17, 15) is 4.79 Å². The minimum absolute atomic E-state index is 0.138. The number of carbonyl (C=O) groups excluding carboxylic acids is 1. The van der Waals surface area contributed by atoms with Gasteiger partial charge in [-0.05, 0) is 33.1 Å². The van der Waals surface area contributed by atoms with Gasteiger partial charge in [0.2, 0.25) is 5.91 Å². The van der Waals surface area contributed by atoms with Crippen molar-refractivity contribution in [2.45, 2.75) is 71.0 Å². The van der Waals surface area contributed by atoms with E-state index >= 15 is 0 Å². The molecule has 1 saturated carbocycles. The zero-order valence-corrected chi connectivity index (χ0v) is 10.2. The van der Waals surface area contributed by atoms with E-state index in [0.717, 1.165) is 19.3 Å². The molecule has 3 heteroatoms. The molecule has 15 heavy (non-hydrogen) atoms. The normalized spacial score (nSPS) is 19.5. The number of hydrogen-bond acceptors (Lipinski definition) is 2. The molecule has 88 valence electrons. The van der Waals surface area contributed by atoms with Crippen molar-refractivity contribution < 1.29 is 4.79 Å². The predicted molar refractivity (Wildman–Crippen MR) is 62.5 cm³/mol. The molecule has 0 aliphatic heterocycles. The van der Waals surface area contributed by atoms with Crippen molar-refractivity contribution in [1.29, 1.82) is 0 Å². The van der Waals surface area contributed by atoms with Crippen molar-refractivity contribution in [3.8, 4) is 0 Å². The topological polar surface area (TPSA) is 46.3 Å². The quantitative estimate of drug-likeness (QED) is 0.773. The highest BCUT2D eigenvalue weighted by atomic mass is 16.2. The van der Waals surface area contributed by atoms with Gasteiger partial charge in [0.1, 0.15) is 0 Å². The largest absolute Gasteiger partial charge is 0.336 e. The lowest BCUT2D eigenvalue weighted by Gasteiger charge is -2.34. The molecule has 0 heterocycles. The van der Waals surface area contributed by atoms with Gasteiger partial charge in [0, 0.05) is 12.1 Å². The highest BCUT2D eigenvalue weighted by Crippen LogP contribution is 2.25. The summed E-state index contributed by atoms with van der Waals surface area (Å²) in [6.45, 7) is 6.13. The molecule has 0 saturated heterocycles. The van der Waals surface area contributed by atoms with Crippen molar-refractivity contribution >= 4 is 5.91 Å². The lowest BCUT2D eigenvalue weighted by atomic mass is 10.1. The van der Waals surface area contributed by atoms with Crippen molar-refractivity contribution in [2.24, 2.45) is 5.73 Å². The molecule has 1 fully saturated rings. The molecule has 2 N–H and O–H groups in total. The third-order valence-electron chi connectivity index (χ3n) is 3.29. The van der Waals surface area contributed by atoms with E-state index in [-0.39, 0.29) is 18.0 Å². The SMILES string of the molecule is CC[C@H](N)C(=O)N(C(C)C)C1CCCC1. The maximum atomic E-state index is 12.1. The Morgan fingerprint density at radius 2 is 1.93 bits per heavy atom. The third-order valence-corrected chi connectivity index (χ3v) is 3.29. The summed E-state index contributed by atoms with van der Waals surface area (Å²) in [6, 6.07) is 0.404. The summed E-state index contributed by atoms with van der Waals surface area (Å²) in [4.78, 5) is 14.1. The Morgan fingerprint density at radius 1 is 1.40 bits per heavy atom. The van der Waals surface area contributed by atoms with Crippen LogP contribution in [0.25, 0.3) is 0 Å². The van der Waals surface area contributed by atoms with Gasteiger partial charge in [0.25, 0.3) is 0 Å². The minimum Gasteiger partial charge on any atom is -0.336 e. The van der Waals surface area contributed by atoms with Gasteiger partial charge in [-0.3, -0.25) is 4.79 Å². The van der Waals surface area contributed by atoms with Crippen LogP contribution in [0.3, 0.4) is 0 Å². The van der Waals surface area contributed by atoms with E-state index in [1.807, 2.05) is 11.8 Å². The Labute approximate surface area is 93.0 Å². The second-order valence-electron chi connectivity index (χ2n) is 4.79. The first-order valence-corrected chi connectivity index (χ1v) is 6.15. The van der Waals surface area contributed by atoms with Crippen LogP contribution < -0.4 is 5.73 Å². The molecule has 1 aliphatic rings. The van der Waals surface area contributed by atoms with Crippen LogP contribution in [0.4, 0.5) is 0 Å². The average Bonchev–Trinajstić information content (AvgIpc) is 2.69. The van der Waals surface area contributed by atoms with Gasteiger partial charge in [-0.15, -0.1) is 0 Å². The molecule has 0 aromatic carbocycles. The van der Waals surface area contributed by atoms with Crippen molar-refractivity contribution in [3.63, 3.8) is 0 Å². The first kappa shape index (κ1) is 12.5. The number of hydrogen-bond donors (Lipinski definition) is 1. The van der Waals surface area contributed by atoms with Crippen LogP contribution in [0, 0.1) is 0 Å². The smallest absolute Gasteiger partial charge is 0.239 e. The zero-order chi connectivity index (χ0) is 11.4. The van der Waals surface area contributed by atoms with E-state index in [4.69, 9.17) is 5.73 Å². The fourth-order valence-electron chi connectivity index (χ4n) is 2.40. The fraction of sp³-hybridized carbons (Fsp3) is 0.917. The predicted octanol–water partition coefficient (Wildman–Crippen LogP) is 1.90. The van der Waals surface area contributed by atoms with Crippen LogP contribution in [0.2, 0.25) is 0 Å². The fourth-order valence-corrected chi connectivity index (χ4v) is 2.40. The summed E-state index contributed by atoms with van der Waals surface area (Å²) >= 11 is 0. The molecular weight excluding hydrogens is 188 g/mol. The summed E-state index contributed by atoms with van der Waals surface area (Å²) in [6.07, 6.45) is 5.54. The molecule has 0 unspecified atom stereocenters. The number of amides is 1. The Morgan fingerprint density at radius 3 is 2.33 bits per heavy atom. The van der Waals surface area contributed by atoms with E-state index in [0.29, 0.717) is 6.04 Å². The maximum Gasteiger partial charge on any atom is 0.239 e. The summed E-state index contributed by atoms with van der Waals surface area (Å²) in [7, 11) is 0. The summed E-state index contributed by atoms with van der Waals surface area (Å²) in [5, 5.41) is 0. The Kier molecular flexibility index (Phi) is 4.58. The Bertz CT molecular complexity index is 210. The summed E-state index contributed by atoms with van der Waals surface area (Å²) in [5.41, 5.74) is 5.83. The summed E-state index contributed by atoms with van der Waals surface area (Å²) in [5.74, 6) is 0.138. The molecule has 0 spiro atoms. The molecule has 3 nitrogen and oxygen atoms in total. The van der Waals surface area contributed by atoms with Gasteiger partial charge in [-0.2, -0.15) is 0 Å². The van der Waals surface area contributed by atoms with Crippen molar-refractivity contribution in [3.05, 3.63) is 0 Å². The molecule has 0 bridgehead atoms. The molecule has 0 aromatic rings. The first-order valence-electron chi connectivity index (χ1n) is 6.15. The van der Waals surface area contributed by atoms with Gasteiger partial charge in [-0.1, -0.05) is 19.8 Å². The van der Waals surface area contributed by atoms with Gasteiger partial charge in [-0.25, -0.2) is 0 Å². The molecule has 1 amide bonds. The monoisotopic (exact) mass is 212 g/mol. The molecule has 1 atom stereocenters. The second-order valence-corrected chi connectivity index (χ2v) is 4.79. The van der Waals surface area contributed by atoms with E-state index in [1.54, 1.807) is 0 Å². The number of rotatable bonds is 4. The molecule has 0 aromatic heterocycles. The van der Waals surface area contributed by atoms with Crippen LogP contribution in [0.1, 0.15) is 52.9 Å². The number of nitrogens with two attached hydrogens (primary N) is 1. The van der Waals surface area contributed by atoms with Crippen LogP contribution in [0.5, 0.6) is 0 Å². The lowest BCUT2D eigenvalue weighted by Crippen LogP contribution is -2.50. The number of nitrogens with zero attached hydrogens (tertiary/aromatic N) is 1. The Hall–Kier alpha value is -0.570. The Balaban J connectivity index is 2.68. The van der Waals surface area contributed by atoms with Gasteiger partial charge < -0.3 is 10.6 Å². The highest BCUT2D eigenvalue weighted by molar-refractivity contribution is 5.82. The van der Waals surface area contributed by atoms with Crippen LogP contribution in [-0.4, -0.2) is 28.9 Å². The standard InChI is InChI=1S/C12H24N2O/c1-4-11(13)12(15)14(9(2)3)10-7-5-6-8-10/h9-11H,4-8,13H2,1-3H3/t11-/m0/s1. The minimum atomic E-state index is -0.312.